The molecule has 0 spiro atoms. The van der Waals surface area contributed by atoms with E-state index in [1.54, 1.807) is 0 Å². The van der Waals surface area contributed by atoms with Crippen molar-refractivity contribution in [3.8, 4) is 0 Å². The van der Waals surface area contributed by atoms with Gasteiger partial charge in [0.2, 0.25) is 5.91 Å². The van der Waals surface area contributed by atoms with Gasteiger partial charge >= 0.3 is 5.97 Å². The summed E-state index contributed by atoms with van der Waals surface area (Å²) in [5.41, 5.74) is 0. The molecular formula is C55H109NO5. The molecule has 0 radical (unpaired) electrons. The first-order valence-electron chi connectivity index (χ1n) is 27.8. The van der Waals surface area contributed by atoms with Crippen LogP contribution in [0.15, 0.2) is 0 Å². The van der Waals surface area contributed by atoms with E-state index in [4.69, 9.17) is 4.74 Å². The van der Waals surface area contributed by atoms with Gasteiger partial charge in [-0.05, 0) is 25.7 Å². The highest BCUT2D eigenvalue weighted by Gasteiger charge is 2.20. The van der Waals surface area contributed by atoms with Gasteiger partial charge in [0.15, 0.2) is 0 Å². The summed E-state index contributed by atoms with van der Waals surface area (Å²) in [7, 11) is 0. The first kappa shape index (κ1) is 59.9. The molecule has 0 aromatic heterocycles. The van der Waals surface area contributed by atoms with Crippen LogP contribution in [-0.2, 0) is 14.3 Å². The molecule has 0 aliphatic heterocycles. The van der Waals surface area contributed by atoms with Crippen molar-refractivity contribution >= 4 is 11.9 Å². The van der Waals surface area contributed by atoms with Crippen molar-refractivity contribution in [3.63, 3.8) is 0 Å². The Hall–Kier alpha value is -1.14. The van der Waals surface area contributed by atoms with Crippen LogP contribution in [0.25, 0.3) is 0 Å². The Balaban J connectivity index is 3.41. The molecule has 2 atom stereocenters. The highest BCUT2D eigenvalue weighted by Crippen LogP contribution is 2.18. The van der Waals surface area contributed by atoms with Crippen LogP contribution in [0.1, 0.15) is 316 Å². The van der Waals surface area contributed by atoms with E-state index >= 15 is 0 Å². The number of nitrogens with one attached hydrogen (secondary N) is 1. The molecule has 6 nitrogen and oxygen atoms in total. The zero-order chi connectivity index (χ0) is 44.4. The average molecular weight is 864 g/mol. The normalized spacial score (nSPS) is 12.5. The Morgan fingerprint density at radius 1 is 0.393 bits per heavy atom. The van der Waals surface area contributed by atoms with Crippen molar-refractivity contribution in [2.75, 3.05) is 13.2 Å². The fraction of sp³-hybridized carbons (Fsp3) is 0.964. The lowest BCUT2D eigenvalue weighted by Gasteiger charge is -2.22. The van der Waals surface area contributed by atoms with Gasteiger partial charge in [0, 0.05) is 12.8 Å². The molecule has 6 heteroatoms. The molecule has 0 bridgehead atoms. The number of aliphatic hydroxyl groups excluding tert-OH is 2. The number of ether oxygens (including phenoxy) is 1. The Morgan fingerprint density at radius 3 is 1.00 bits per heavy atom. The second-order valence-electron chi connectivity index (χ2n) is 19.3. The number of carbonyl (C=O) groups is 2. The standard InChI is InChI=1S/C55H109NO5/c1-3-5-7-9-11-13-15-17-18-21-24-27-31-35-39-43-47-53(58)52(51-57)56-54(59)48-44-40-36-32-28-25-22-19-20-23-26-30-34-38-42-46-50-61-55(60)49-45-41-37-33-29-16-14-12-10-8-6-4-2/h52-53,57-58H,3-51H2,1-2H3,(H,56,59). The molecule has 0 aliphatic carbocycles. The van der Waals surface area contributed by atoms with E-state index < -0.39 is 12.1 Å². The first-order valence-corrected chi connectivity index (χ1v) is 27.8. The van der Waals surface area contributed by atoms with Crippen LogP contribution in [0.3, 0.4) is 0 Å². The number of unbranched alkanes of at least 4 members (excludes halogenated alkanes) is 41. The van der Waals surface area contributed by atoms with Gasteiger partial charge in [-0.2, -0.15) is 0 Å². The van der Waals surface area contributed by atoms with Crippen molar-refractivity contribution in [2.45, 2.75) is 328 Å². The van der Waals surface area contributed by atoms with E-state index in [1.165, 1.54) is 238 Å². The highest BCUT2D eigenvalue weighted by molar-refractivity contribution is 5.76. The lowest BCUT2D eigenvalue weighted by atomic mass is 10.0. The van der Waals surface area contributed by atoms with Crippen LogP contribution < -0.4 is 5.32 Å². The van der Waals surface area contributed by atoms with Crippen molar-refractivity contribution in [3.05, 3.63) is 0 Å². The summed E-state index contributed by atoms with van der Waals surface area (Å²) < 4.78 is 5.46. The van der Waals surface area contributed by atoms with E-state index in [0.717, 1.165) is 44.9 Å². The molecule has 0 fully saturated rings. The Morgan fingerprint density at radius 2 is 0.672 bits per heavy atom. The van der Waals surface area contributed by atoms with Gasteiger partial charge in [0.05, 0.1) is 25.4 Å². The predicted octanol–water partition coefficient (Wildman–Crippen LogP) is 16.7. The molecule has 0 rings (SSSR count). The monoisotopic (exact) mass is 864 g/mol. The maximum absolute atomic E-state index is 12.5. The van der Waals surface area contributed by atoms with Crippen LogP contribution in [0.4, 0.5) is 0 Å². The quantitative estimate of drug-likeness (QED) is 0.0418. The molecule has 0 saturated carbocycles. The van der Waals surface area contributed by atoms with Gasteiger partial charge in [0.1, 0.15) is 0 Å². The number of amides is 1. The Bertz CT molecular complexity index is 867. The number of esters is 1. The Labute approximate surface area is 381 Å². The summed E-state index contributed by atoms with van der Waals surface area (Å²) in [6.45, 7) is 4.96. The molecule has 1 amide bonds. The smallest absolute Gasteiger partial charge is 0.305 e. The molecule has 3 N–H and O–H groups in total. The maximum Gasteiger partial charge on any atom is 0.305 e. The lowest BCUT2D eigenvalue weighted by molar-refractivity contribution is -0.143. The van der Waals surface area contributed by atoms with Crippen LogP contribution in [-0.4, -0.2) is 47.4 Å². The average Bonchev–Trinajstić information content (AvgIpc) is 3.26. The molecule has 61 heavy (non-hydrogen) atoms. The van der Waals surface area contributed by atoms with Crippen molar-refractivity contribution < 1.29 is 24.5 Å². The topological polar surface area (TPSA) is 95.9 Å². The van der Waals surface area contributed by atoms with E-state index in [1.807, 2.05) is 0 Å². The first-order chi connectivity index (χ1) is 30.0. The SMILES string of the molecule is CCCCCCCCCCCCCCCCCCC(O)C(CO)NC(=O)CCCCCCCCCCCCCCCCCCOC(=O)CCCCCCCCCCCCCC. The number of carbonyl (C=O) groups excluding carboxylic acids is 2. The van der Waals surface area contributed by atoms with Crippen molar-refractivity contribution in [1.29, 1.82) is 0 Å². The number of rotatable bonds is 52. The van der Waals surface area contributed by atoms with Crippen molar-refractivity contribution in [1.82, 2.24) is 5.32 Å². The number of hydrogen-bond acceptors (Lipinski definition) is 5. The van der Waals surface area contributed by atoms with Crippen molar-refractivity contribution in [2.24, 2.45) is 0 Å². The van der Waals surface area contributed by atoms with Crippen LogP contribution in [0, 0.1) is 0 Å². The van der Waals surface area contributed by atoms with E-state index in [-0.39, 0.29) is 18.5 Å². The minimum absolute atomic E-state index is 0.00470. The minimum Gasteiger partial charge on any atom is -0.466 e. The molecule has 0 aliphatic rings. The molecule has 0 saturated heterocycles. The summed E-state index contributed by atoms with van der Waals surface area (Å²) in [4.78, 5) is 24.5. The van der Waals surface area contributed by atoms with Gasteiger partial charge in [-0.3, -0.25) is 9.59 Å². The zero-order valence-corrected chi connectivity index (χ0v) is 41.4. The third-order valence-electron chi connectivity index (χ3n) is 13.2. The second kappa shape index (κ2) is 51.5. The minimum atomic E-state index is -0.667. The molecule has 0 aromatic carbocycles. The van der Waals surface area contributed by atoms with E-state index in [9.17, 15) is 19.8 Å². The fourth-order valence-corrected chi connectivity index (χ4v) is 8.88. The molecule has 0 aromatic rings. The second-order valence-corrected chi connectivity index (χ2v) is 19.3. The number of hydrogen-bond donors (Lipinski definition) is 3. The van der Waals surface area contributed by atoms with Gasteiger partial charge in [0.25, 0.3) is 0 Å². The largest absolute Gasteiger partial charge is 0.466 e. The van der Waals surface area contributed by atoms with Gasteiger partial charge in [-0.15, -0.1) is 0 Å². The van der Waals surface area contributed by atoms with Crippen LogP contribution >= 0.6 is 0 Å². The lowest BCUT2D eigenvalue weighted by Crippen LogP contribution is -2.45. The maximum atomic E-state index is 12.5. The molecule has 2 unspecified atom stereocenters. The third kappa shape index (κ3) is 48.2. The molecular weight excluding hydrogens is 755 g/mol. The van der Waals surface area contributed by atoms with Crippen LogP contribution in [0.2, 0.25) is 0 Å². The van der Waals surface area contributed by atoms with E-state index in [2.05, 4.69) is 19.2 Å². The summed E-state index contributed by atoms with van der Waals surface area (Å²) >= 11 is 0. The predicted molar refractivity (Wildman–Crippen MR) is 264 cm³/mol. The zero-order valence-electron chi connectivity index (χ0n) is 41.4. The van der Waals surface area contributed by atoms with Crippen LogP contribution in [0.5, 0.6) is 0 Å². The number of aliphatic hydroxyl groups is 2. The fourth-order valence-electron chi connectivity index (χ4n) is 8.88. The summed E-state index contributed by atoms with van der Waals surface area (Å²) in [6.07, 6.45) is 57.9. The highest BCUT2D eigenvalue weighted by atomic mass is 16.5. The van der Waals surface area contributed by atoms with E-state index in [0.29, 0.717) is 25.9 Å². The summed E-state index contributed by atoms with van der Waals surface area (Å²) in [6, 6.07) is -0.545. The summed E-state index contributed by atoms with van der Waals surface area (Å²) in [5, 5.41) is 23.3. The Kier molecular flexibility index (Phi) is 50.5. The summed E-state index contributed by atoms with van der Waals surface area (Å²) in [5.74, 6) is -0.0342. The molecule has 364 valence electrons. The van der Waals surface area contributed by atoms with Gasteiger partial charge in [-0.25, -0.2) is 0 Å². The molecule has 0 heterocycles. The van der Waals surface area contributed by atoms with Gasteiger partial charge in [-0.1, -0.05) is 277 Å². The third-order valence-corrected chi connectivity index (χ3v) is 13.2. The van der Waals surface area contributed by atoms with Gasteiger partial charge < -0.3 is 20.3 Å².